The van der Waals surface area contributed by atoms with E-state index in [9.17, 15) is 9.59 Å². The highest BCUT2D eigenvalue weighted by Crippen LogP contribution is 2.23. The van der Waals surface area contributed by atoms with E-state index in [1.54, 1.807) is 30.0 Å². The molecule has 0 aliphatic heterocycles. The Morgan fingerprint density at radius 2 is 1.85 bits per heavy atom. The average molecular weight is 396 g/mol. The zero-order valence-corrected chi connectivity index (χ0v) is 16.3. The Balaban J connectivity index is 0.00000338. The first-order valence-corrected chi connectivity index (χ1v) is 8.49. The lowest BCUT2D eigenvalue weighted by atomic mass is 10.1. The van der Waals surface area contributed by atoms with E-state index in [4.69, 9.17) is 17.3 Å². The quantitative estimate of drug-likeness (QED) is 0.782. The van der Waals surface area contributed by atoms with Gasteiger partial charge in [0.2, 0.25) is 5.91 Å². The maximum Gasteiger partial charge on any atom is 0.255 e. The molecule has 0 aliphatic rings. The van der Waals surface area contributed by atoms with E-state index in [0.29, 0.717) is 29.4 Å². The highest BCUT2D eigenvalue weighted by molar-refractivity contribution is 6.34. The molecule has 0 bridgehead atoms. The van der Waals surface area contributed by atoms with Crippen LogP contribution in [-0.2, 0) is 11.3 Å². The summed E-state index contributed by atoms with van der Waals surface area (Å²) in [6, 6.07) is 13.9. The maximum atomic E-state index is 12.9. The van der Waals surface area contributed by atoms with Crippen LogP contribution in [0.25, 0.3) is 0 Å². The van der Waals surface area contributed by atoms with Crippen LogP contribution in [0.2, 0.25) is 5.02 Å². The highest BCUT2D eigenvalue weighted by Gasteiger charge is 2.19. The van der Waals surface area contributed by atoms with Gasteiger partial charge in [-0.25, -0.2) is 0 Å². The van der Waals surface area contributed by atoms with Crippen LogP contribution in [0.3, 0.4) is 0 Å². The summed E-state index contributed by atoms with van der Waals surface area (Å²) >= 11 is 6.21. The molecule has 0 saturated carbocycles. The third-order valence-electron chi connectivity index (χ3n) is 3.76. The van der Waals surface area contributed by atoms with Gasteiger partial charge >= 0.3 is 0 Å². The number of nitrogens with one attached hydrogen (secondary N) is 1. The van der Waals surface area contributed by atoms with Crippen LogP contribution in [0.1, 0.15) is 29.8 Å². The van der Waals surface area contributed by atoms with Gasteiger partial charge in [-0.15, -0.1) is 12.4 Å². The molecule has 0 aliphatic carbocycles. The van der Waals surface area contributed by atoms with Crippen LogP contribution in [0.15, 0.2) is 48.5 Å². The second-order valence-corrected chi connectivity index (χ2v) is 6.18. The standard InChI is InChI=1S/C19H22ClN3O2.ClH/c1-3-23(12-14-7-5-4-6-8-14)19(25)16-11-15(9-10-17(16)20)22-18(24)13(2)21;/h4-11,13H,3,12,21H2,1-2H3,(H,22,24);1H/t13-;/m0./s1. The first-order valence-electron chi connectivity index (χ1n) is 8.11. The number of anilines is 1. The van der Waals surface area contributed by atoms with Gasteiger partial charge in [-0.2, -0.15) is 0 Å². The first kappa shape index (κ1) is 22.0. The third-order valence-corrected chi connectivity index (χ3v) is 4.09. The average Bonchev–Trinajstić information content (AvgIpc) is 2.61. The van der Waals surface area contributed by atoms with E-state index < -0.39 is 6.04 Å². The summed E-state index contributed by atoms with van der Waals surface area (Å²) in [6.07, 6.45) is 0. The van der Waals surface area contributed by atoms with Crippen molar-refractivity contribution in [1.29, 1.82) is 0 Å². The predicted octanol–water partition coefficient (Wildman–Crippen LogP) is 3.71. The summed E-state index contributed by atoms with van der Waals surface area (Å²) in [4.78, 5) is 26.3. The maximum absolute atomic E-state index is 12.9. The number of carbonyl (C=O) groups is 2. The summed E-state index contributed by atoms with van der Waals surface area (Å²) in [7, 11) is 0. The van der Waals surface area contributed by atoms with Crippen LogP contribution >= 0.6 is 24.0 Å². The zero-order chi connectivity index (χ0) is 18.4. The Labute approximate surface area is 164 Å². The monoisotopic (exact) mass is 395 g/mol. The topological polar surface area (TPSA) is 75.4 Å². The van der Waals surface area contributed by atoms with Gasteiger partial charge in [0.1, 0.15) is 0 Å². The van der Waals surface area contributed by atoms with E-state index in [-0.39, 0.29) is 24.2 Å². The second-order valence-electron chi connectivity index (χ2n) is 5.78. The van der Waals surface area contributed by atoms with Crippen molar-refractivity contribution in [2.45, 2.75) is 26.4 Å². The molecular formula is C19H23Cl2N3O2. The van der Waals surface area contributed by atoms with Crippen LogP contribution in [0.4, 0.5) is 5.69 Å². The SMILES string of the molecule is CCN(Cc1ccccc1)C(=O)c1cc(NC(=O)[C@H](C)N)ccc1Cl.Cl. The van der Waals surface area contributed by atoms with Crippen molar-refractivity contribution in [2.75, 3.05) is 11.9 Å². The number of nitrogens with two attached hydrogens (primary N) is 1. The molecule has 0 saturated heterocycles. The van der Waals surface area contributed by atoms with Gasteiger partial charge in [-0.05, 0) is 37.6 Å². The van der Waals surface area contributed by atoms with Crippen molar-refractivity contribution >= 4 is 41.5 Å². The molecule has 2 aromatic rings. The van der Waals surface area contributed by atoms with Crippen molar-refractivity contribution in [2.24, 2.45) is 5.73 Å². The van der Waals surface area contributed by atoms with Crippen molar-refractivity contribution < 1.29 is 9.59 Å². The Morgan fingerprint density at radius 1 is 1.19 bits per heavy atom. The lowest BCUT2D eigenvalue weighted by Gasteiger charge is -2.22. The molecule has 0 spiro atoms. The molecule has 2 amide bonds. The van der Waals surface area contributed by atoms with Crippen LogP contribution in [0, 0.1) is 0 Å². The molecular weight excluding hydrogens is 373 g/mol. The van der Waals surface area contributed by atoms with Gasteiger partial charge < -0.3 is 16.0 Å². The molecule has 1 atom stereocenters. The van der Waals surface area contributed by atoms with Gasteiger partial charge in [-0.3, -0.25) is 9.59 Å². The molecule has 0 radical (unpaired) electrons. The Bertz CT molecular complexity index is 752. The molecule has 2 rings (SSSR count). The van der Waals surface area contributed by atoms with Gasteiger partial charge in [0.25, 0.3) is 5.91 Å². The van der Waals surface area contributed by atoms with Gasteiger partial charge in [0.05, 0.1) is 16.6 Å². The minimum absolute atomic E-state index is 0. The summed E-state index contributed by atoms with van der Waals surface area (Å²) in [6.45, 7) is 4.54. The molecule has 5 nitrogen and oxygen atoms in total. The fourth-order valence-corrected chi connectivity index (χ4v) is 2.52. The van der Waals surface area contributed by atoms with Crippen molar-refractivity contribution in [3.8, 4) is 0 Å². The number of hydrogen-bond donors (Lipinski definition) is 2. The van der Waals surface area contributed by atoms with E-state index in [2.05, 4.69) is 5.32 Å². The van der Waals surface area contributed by atoms with E-state index in [1.165, 1.54) is 0 Å². The number of hydrogen-bond acceptors (Lipinski definition) is 3. The lowest BCUT2D eigenvalue weighted by molar-refractivity contribution is -0.117. The van der Waals surface area contributed by atoms with E-state index in [0.717, 1.165) is 5.56 Å². The normalized spacial score (nSPS) is 11.2. The molecule has 7 heteroatoms. The molecule has 0 aromatic heterocycles. The lowest BCUT2D eigenvalue weighted by Crippen LogP contribution is -2.33. The fraction of sp³-hybridized carbons (Fsp3) is 0.263. The molecule has 0 unspecified atom stereocenters. The number of carbonyl (C=O) groups excluding carboxylic acids is 2. The largest absolute Gasteiger partial charge is 0.335 e. The minimum atomic E-state index is -0.639. The van der Waals surface area contributed by atoms with Gasteiger partial charge in [0.15, 0.2) is 0 Å². The van der Waals surface area contributed by atoms with Crippen molar-refractivity contribution in [3.05, 3.63) is 64.7 Å². The zero-order valence-electron chi connectivity index (χ0n) is 14.7. The number of rotatable bonds is 6. The summed E-state index contributed by atoms with van der Waals surface area (Å²) in [5.74, 6) is -0.509. The Hall–Kier alpha value is -2.08. The molecule has 26 heavy (non-hydrogen) atoms. The van der Waals surface area contributed by atoms with Crippen LogP contribution in [-0.4, -0.2) is 29.3 Å². The van der Waals surface area contributed by atoms with Crippen molar-refractivity contribution in [3.63, 3.8) is 0 Å². The predicted molar refractivity (Wildman–Crippen MR) is 108 cm³/mol. The van der Waals surface area contributed by atoms with Crippen LogP contribution < -0.4 is 11.1 Å². The third kappa shape index (κ3) is 5.73. The fourth-order valence-electron chi connectivity index (χ4n) is 2.32. The van der Waals surface area contributed by atoms with E-state index >= 15 is 0 Å². The Kier molecular flexibility index (Phi) is 8.58. The summed E-state index contributed by atoms with van der Waals surface area (Å²) in [5, 5.41) is 3.02. The molecule has 0 heterocycles. The Morgan fingerprint density at radius 3 is 2.42 bits per heavy atom. The van der Waals surface area contributed by atoms with Crippen molar-refractivity contribution in [1.82, 2.24) is 4.90 Å². The van der Waals surface area contributed by atoms with E-state index in [1.807, 2.05) is 37.3 Å². The van der Waals surface area contributed by atoms with Gasteiger partial charge in [-0.1, -0.05) is 41.9 Å². The second kappa shape index (κ2) is 10.2. The van der Waals surface area contributed by atoms with Crippen LogP contribution in [0.5, 0.6) is 0 Å². The number of nitrogens with zero attached hydrogens (tertiary/aromatic N) is 1. The summed E-state index contributed by atoms with van der Waals surface area (Å²) in [5.41, 5.74) is 7.43. The highest BCUT2D eigenvalue weighted by atomic mass is 35.5. The molecule has 2 aromatic carbocycles. The molecule has 140 valence electrons. The first-order chi connectivity index (χ1) is 11.9. The number of halogens is 2. The van der Waals surface area contributed by atoms with Gasteiger partial charge in [0, 0.05) is 18.8 Å². The molecule has 3 N–H and O–H groups in total. The minimum Gasteiger partial charge on any atom is -0.335 e. The number of amides is 2. The number of benzene rings is 2. The summed E-state index contributed by atoms with van der Waals surface area (Å²) < 4.78 is 0. The molecule has 0 fully saturated rings. The smallest absolute Gasteiger partial charge is 0.255 e.